The van der Waals surface area contributed by atoms with Crippen molar-refractivity contribution in [2.45, 2.75) is 32.0 Å². The number of hydrogen-bond acceptors (Lipinski definition) is 2. The fourth-order valence-corrected chi connectivity index (χ4v) is 4.29. The van der Waals surface area contributed by atoms with Gasteiger partial charge in [0.1, 0.15) is 0 Å². The van der Waals surface area contributed by atoms with Crippen molar-refractivity contribution in [1.82, 2.24) is 0 Å². The summed E-state index contributed by atoms with van der Waals surface area (Å²) in [5.41, 5.74) is 2.72. The van der Waals surface area contributed by atoms with E-state index in [0.717, 1.165) is 5.95 Å². The molecule has 0 N–H and O–H groups in total. The van der Waals surface area contributed by atoms with Gasteiger partial charge in [-0.2, -0.15) is 0 Å². The monoisotopic (exact) mass is 300 g/mol. The average molecular weight is 300 g/mol. The van der Waals surface area contributed by atoms with E-state index in [4.69, 9.17) is 9.16 Å². The van der Waals surface area contributed by atoms with E-state index < -0.39 is 8.32 Å². The van der Waals surface area contributed by atoms with Crippen LogP contribution in [-0.4, -0.2) is 15.4 Å². The molecule has 112 valence electrons. The van der Waals surface area contributed by atoms with Gasteiger partial charge in [-0.25, -0.2) is 0 Å². The second kappa shape index (κ2) is 5.37. The molecule has 0 saturated heterocycles. The maximum atomic E-state index is 6.24. The van der Waals surface area contributed by atoms with Gasteiger partial charge in [0.15, 0.2) is 0 Å². The van der Waals surface area contributed by atoms with Crippen LogP contribution in [0.15, 0.2) is 54.0 Å². The highest BCUT2D eigenvalue weighted by Crippen LogP contribution is 2.54. The third kappa shape index (κ3) is 2.79. The maximum absolute atomic E-state index is 6.24. The van der Waals surface area contributed by atoms with Crippen molar-refractivity contribution < 1.29 is 9.16 Å². The molecular weight excluding hydrogens is 276 g/mol. The van der Waals surface area contributed by atoms with Crippen molar-refractivity contribution >= 4 is 8.32 Å². The van der Waals surface area contributed by atoms with Crippen LogP contribution in [0.1, 0.15) is 17.9 Å². The second-order valence-corrected chi connectivity index (χ2v) is 11.4. The van der Waals surface area contributed by atoms with Gasteiger partial charge < -0.3 is 9.16 Å². The van der Waals surface area contributed by atoms with E-state index in [2.05, 4.69) is 62.1 Å². The molecule has 3 atom stereocenters. The van der Waals surface area contributed by atoms with E-state index in [-0.39, 0.29) is 0 Å². The third-order valence-electron chi connectivity index (χ3n) is 4.26. The van der Waals surface area contributed by atoms with Gasteiger partial charge >= 0.3 is 0 Å². The fraction of sp³-hybridized carbons (Fsp3) is 0.444. The van der Waals surface area contributed by atoms with E-state index in [1.54, 1.807) is 7.11 Å². The molecule has 2 nitrogen and oxygen atoms in total. The summed E-state index contributed by atoms with van der Waals surface area (Å²) in [6.07, 6.45) is 5.89. The van der Waals surface area contributed by atoms with Crippen LogP contribution in [0, 0.1) is 11.8 Å². The first kappa shape index (κ1) is 14.5. The molecule has 2 aliphatic carbocycles. The number of methoxy groups -OCH3 is 1. The Morgan fingerprint density at radius 2 is 1.81 bits per heavy atom. The first-order valence-electron chi connectivity index (χ1n) is 7.70. The SMILES string of the molecule is CO/C(O[Si](C)(C)C)=C1/[C@@H]2C=C[C@@H](C2)[C@H]1c1ccccc1. The molecule has 0 heterocycles. The zero-order chi connectivity index (χ0) is 15.0. The van der Waals surface area contributed by atoms with Crippen LogP contribution in [0.5, 0.6) is 0 Å². The highest BCUT2D eigenvalue weighted by atomic mass is 28.4. The highest BCUT2D eigenvalue weighted by molar-refractivity contribution is 6.70. The van der Waals surface area contributed by atoms with E-state index in [0.29, 0.717) is 17.8 Å². The molecule has 21 heavy (non-hydrogen) atoms. The third-order valence-corrected chi connectivity index (χ3v) is 5.06. The molecule has 2 aliphatic rings. The van der Waals surface area contributed by atoms with Gasteiger partial charge in [-0.15, -0.1) is 0 Å². The van der Waals surface area contributed by atoms with Crippen LogP contribution >= 0.6 is 0 Å². The molecule has 0 amide bonds. The van der Waals surface area contributed by atoms with Crippen LogP contribution in [0.25, 0.3) is 0 Å². The lowest BCUT2D eigenvalue weighted by atomic mass is 9.83. The van der Waals surface area contributed by atoms with Crippen molar-refractivity contribution in [3.63, 3.8) is 0 Å². The van der Waals surface area contributed by atoms with E-state index in [1.807, 2.05) is 0 Å². The first-order chi connectivity index (χ1) is 9.99. The summed E-state index contributed by atoms with van der Waals surface area (Å²) >= 11 is 0. The normalized spacial score (nSPS) is 29.6. The van der Waals surface area contributed by atoms with Crippen LogP contribution in [0.2, 0.25) is 19.6 Å². The minimum absolute atomic E-state index is 0.410. The number of ether oxygens (including phenoxy) is 1. The zero-order valence-corrected chi connectivity index (χ0v) is 14.3. The molecule has 1 fully saturated rings. The summed E-state index contributed by atoms with van der Waals surface area (Å²) in [4.78, 5) is 0. The lowest BCUT2D eigenvalue weighted by Gasteiger charge is -2.28. The lowest BCUT2D eigenvalue weighted by molar-refractivity contribution is 0.138. The molecule has 1 aromatic carbocycles. The summed E-state index contributed by atoms with van der Waals surface area (Å²) in [5.74, 6) is 2.25. The lowest BCUT2D eigenvalue weighted by Crippen LogP contribution is -2.27. The Morgan fingerprint density at radius 3 is 2.43 bits per heavy atom. The summed E-state index contributed by atoms with van der Waals surface area (Å²) in [6, 6.07) is 10.8. The Bertz CT molecular complexity index is 569. The van der Waals surface area contributed by atoms with Gasteiger partial charge in [0.25, 0.3) is 5.95 Å². The minimum atomic E-state index is -1.67. The van der Waals surface area contributed by atoms with Crippen molar-refractivity contribution in [2.75, 3.05) is 7.11 Å². The summed E-state index contributed by atoms with van der Waals surface area (Å²) in [6.45, 7) is 6.60. The number of rotatable bonds is 4. The smallest absolute Gasteiger partial charge is 0.265 e. The molecule has 0 aromatic heterocycles. The van der Waals surface area contributed by atoms with Gasteiger partial charge in [-0.05, 0) is 37.5 Å². The molecule has 1 saturated carbocycles. The minimum Gasteiger partial charge on any atom is -0.520 e. The Labute approximate surface area is 128 Å². The van der Waals surface area contributed by atoms with Crippen molar-refractivity contribution in [2.24, 2.45) is 11.8 Å². The van der Waals surface area contributed by atoms with Crippen LogP contribution in [0.3, 0.4) is 0 Å². The fourth-order valence-electron chi connectivity index (χ4n) is 3.53. The summed E-state index contributed by atoms with van der Waals surface area (Å²) in [7, 11) is 0.0625. The number of fused-ring (bicyclic) bond motifs is 2. The van der Waals surface area contributed by atoms with Gasteiger partial charge in [0.2, 0.25) is 8.32 Å². The molecular formula is C18H24O2Si. The standard InChI is InChI=1S/C18H24O2Si/c1-19-18(20-21(2,3)4)17-15-11-10-14(12-15)16(17)13-8-6-5-7-9-13/h5-11,14-16H,12H2,1-4H3/b18-17+/t14-,15+,16+/m0/s1. The van der Waals surface area contributed by atoms with Gasteiger partial charge in [0, 0.05) is 17.4 Å². The van der Waals surface area contributed by atoms with Crippen molar-refractivity contribution in [1.29, 1.82) is 0 Å². The van der Waals surface area contributed by atoms with Gasteiger partial charge in [0.05, 0.1) is 7.11 Å². The van der Waals surface area contributed by atoms with Gasteiger partial charge in [-0.1, -0.05) is 42.5 Å². The predicted molar refractivity (Wildman–Crippen MR) is 88.4 cm³/mol. The number of hydrogen-bond donors (Lipinski definition) is 0. The van der Waals surface area contributed by atoms with Crippen LogP contribution < -0.4 is 0 Å². The first-order valence-corrected chi connectivity index (χ1v) is 11.1. The van der Waals surface area contributed by atoms with Crippen molar-refractivity contribution in [3.8, 4) is 0 Å². The topological polar surface area (TPSA) is 18.5 Å². The molecule has 2 bridgehead atoms. The van der Waals surface area contributed by atoms with Crippen LogP contribution in [0.4, 0.5) is 0 Å². The summed E-state index contributed by atoms with van der Waals surface area (Å²) in [5, 5.41) is 0. The maximum Gasteiger partial charge on any atom is 0.265 e. The highest BCUT2D eigenvalue weighted by Gasteiger charge is 2.44. The summed E-state index contributed by atoms with van der Waals surface area (Å²) < 4.78 is 11.9. The molecule has 0 unspecified atom stereocenters. The molecule has 1 aromatic rings. The largest absolute Gasteiger partial charge is 0.520 e. The average Bonchev–Trinajstić information content (AvgIpc) is 3.05. The molecule has 3 rings (SSSR count). The Hall–Kier alpha value is -1.48. The predicted octanol–water partition coefficient (Wildman–Crippen LogP) is 4.69. The van der Waals surface area contributed by atoms with E-state index in [1.165, 1.54) is 17.6 Å². The molecule has 0 aliphatic heterocycles. The van der Waals surface area contributed by atoms with Crippen LogP contribution in [-0.2, 0) is 9.16 Å². The Kier molecular flexibility index (Phi) is 3.70. The Morgan fingerprint density at radius 1 is 1.10 bits per heavy atom. The molecule has 0 spiro atoms. The Balaban J connectivity index is 2.04. The van der Waals surface area contributed by atoms with Crippen molar-refractivity contribution in [3.05, 3.63) is 59.6 Å². The van der Waals surface area contributed by atoms with E-state index >= 15 is 0 Å². The number of benzene rings is 1. The van der Waals surface area contributed by atoms with E-state index in [9.17, 15) is 0 Å². The zero-order valence-electron chi connectivity index (χ0n) is 13.3. The second-order valence-electron chi connectivity index (χ2n) is 6.94. The quantitative estimate of drug-likeness (QED) is 0.456. The molecule has 3 heteroatoms. The molecule has 0 radical (unpaired) electrons. The van der Waals surface area contributed by atoms with Gasteiger partial charge in [-0.3, -0.25) is 0 Å². The number of allylic oxidation sites excluding steroid dienone is 3.